The quantitative estimate of drug-likeness (QED) is 0.427. The summed E-state index contributed by atoms with van der Waals surface area (Å²) in [6.07, 6.45) is 0. The van der Waals surface area contributed by atoms with E-state index in [1.165, 1.54) is 20.1 Å². The average Bonchev–Trinajstić information content (AvgIpc) is 2.52. The molecule has 0 saturated heterocycles. The molecule has 0 N–H and O–H groups in total. The molecule has 0 spiro atoms. The van der Waals surface area contributed by atoms with Crippen LogP contribution in [0.3, 0.4) is 0 Å². The highest BCUT2D eigenvalue weighted by Crippen LogP contribution is 2.27. The van der Waals surface area contributed by atoms with Crippen LogP contribution in [0.2, 0.25) is 0 Å². The molecule has 0 amide bonds. The first kappa shape index (κ1) is 16.5. The maximum Gasteiger partial charge on any atom is 0.341 e. The van der Waals surface area contributed by atoms with E-state index < -0.39 is 5.97 Å². The van der Waals surface area contributed by atoms with E-state index in [1.807, 2.05) is 30.3 Å². The minimum atomic E-state index is -0.526. The van der Waals surface area contributed by atoms with Crippen LogP contribution in [-0.2, 0) is 11.3 Å². The van der Waals surface area contributed by atoms with Crippen molar-refractivity contribution in [2.24, 2.45) is 0 Å². The second-order valence-corrected chi connectivity index (χ2v) is 5.81. The number of carbonyl (C=O) groups excluding carboxylic acids is 2. The Morgan fingerprint density at radius 3 is 2.36 bits per heavy atom. The topological polar surface area (TPSA) is 52.6 Å². The van der Waals surface area contributed by atoms with Crippen molar-refractivity contribution in [2.75, 3.05) is 7.11 Å². The lowest BCUT2D eigenvalue weighted by Gasteiger charge is -2.13. The Balaban J connectivity index is 2.34. The molecule has 5 heteroatoms. The van der Waals surface area contributed by atoms with E-state index in [2.05, 4.69) is 22.6 Å². The third-order valence-corrected chi connectivity index (χ3v) is 3.98. The number of ether oxygens (including phenoxy) is 2. The SMILES string of the molecule is COC(=O)c1cc(C(C)=O)c(I)cc1OCc1ccccc1. The van der Waals surface area contributed by atoms with Gasteiger partial charge in [0.2, 0.25) is 0 Å². The zero-order valence-corrected chi connectivity index (χ0v) is 14.4. The molecule has 0 aliphatic carbocycles. The van der Waals surface area contributed by atoms with Crippen molar-refractivity contribution >= 4 is 34.3 Å². The monoisotopic (exact) mass is 410 g/mol. The molecular formula is C17H15IO4. The first-order valence-corrected chi connectivity index (χ1v) is 7.70. The number of methoxy groups -OCH3 is 1. The molecule has 0 bridgehead atoms. The van der Waals surface area contributed by atoms with E-state index in [0.29, 0.717) is 17.9 Å². The molecule has 0 saturated carbocycles. The average molecular weight is 410 g/mol. The van der Waals surface area contributed by atoms with Crippen LogP contribution >= 0.6 is 22.6 Å². The lowest BCUT2D eigenvalue weighted by Crippen LogP contribution is -2.09. The Labute approximate surface area is 142 Å². The van der Waals surface area contributed by atoms with Gasteiger partial charge in [-0.25, -0.2) is 4.79 Å². The molecule has 4 nitrogen and oxygen atoms in total. The smallest absolute Gasteiger partial charge is 0.341 e. The summed E-state index contributed by atoms with van der Waals surface area (Å²) in [5.74, 6) is -0.226. The van der Waals surface area contributed by atoms with Crippen molar-refractivity contribution in [3.05, 3.63) is 62.7 Å². The zero-order chi connectivity index (χ0) is 16.1. The molecule has 0 heterocycles. The van der Waals surface area contributed by atoms with Crippen molar-refractivity contribution in [1.82, 2.24) is 0 Å². The van der Waals surface area contributed by atoms with E-state index in [4.69, 9.17) is 9.47 Å². The number of hydrogen-bond donors (Lipinski definition) is 0. The fourth-order valence-corrected chi connectivity index (χ4v) is 2.77. The van der Waals surface area contributed by atoms with Crippen LogP contribution in [0.1, 0.15) is 33.2 Å². The number of esters is 1. The van der Waals surface area contributed by atoms with Gasteiger partial charge in [0.25, 0.3) is 0 Å². The largest absolute Gasteiger partial charge is 0.488 e. The standard InChI is InChI=1S/C17H15IO4/c1-11(19)13-8-14(17(20)21-2)16(9-15(13)18)22-10-12-6-4-3-5-7-12/h3-9H,10H2,1-2H3. The van der Waals surface area contributed by atoms with Gasteiger partial charge in [0, 0.05) is 9.13 Å². The van der Waals surface area contributed by atoms with Crippen LogP contribution in [0.4, 0.5) is 0 Å². The van der Waals surface area contributed by atoms with Gasteiger partial charge in [-0.3, -0.25) is 4.79 Å². The summed E-state index contributed by atoms with van der Waals surface area (Å²) >= 11 is 2.05. The fraction of sp³-hybridized carbons (Fsp3) is 0.176. The zero-order valence-electron chi connectivity index (χ0n) is 12.3. The molecule has 2 aromatic rings. The van der Waals surface area contributed by atoms with E-state index in [9.17, 15) is 9.59 Å². The Kier molecular flexibility index (Phi) is 5.54. The van der Waals surface area contributed by atoms with E-state index >= 15 is 0 Å². The maximum atomic E-state index is 11.9. The van der Waals surface area contributed by atoms with Crippen LogP contribution in [0.25, 0.3) is 0 Å². The van der Waals surface area contributed by atoms with Gasteiger partial charge in [0.1, 0.15) is 17.9 Å². The van der Waals surface area contributed by atoms with Crippen molar-refractivity contribution in [2.45, 2.75) is 13.5 Å². The molecule has 0 fully saturated rings. The van der Waals surface area contributed by atoms with Crippen LogP contribution in [0.15, 0.2) is 42.5 Å². The number of ketones is 1. The number of halogens is 1. The van der Waals surface area contributed by atoms with Crippen LogP contribution in [0, 0.1) is 3.57 Å². The molecule has 0 aliphatic heterocycles. The Bertz CT molecular complexity index is 695. The van der Waals surface area contributed by atoms with Crippen LogP contribution in [-0.4, -0.2) is 18.9 Å². The van der Waals surface area contributed by atoms with Crippen LogP contribution in [0.5, 0.6) is 5.75 Å². The molecule has 22 heavy (non-hydrogen) atoms. The van der Waals surface area contributed by atoms with Crippen molar-refractivity contribution < 1.29 is 19.1 Å². The van der Waals surface area contributed by atoms with Gasteiger partial charge in [0.15, 0.2) is 5.78 Å². The summed E-state index contributed by atoms with van der Waals surface area (Å²) < 4.78 is 11.3. The lowest BCUT2D eigenvalue weighted by molar-refractivity contribution is 0.0595. The number of carbonyl (C=O) groups is 2. The summed E-state index contributed by atoms with van der Waals surface area (Å²) in [5.41, 5.74) is 1.72. The first-order valence-electron chi connectivity index (χ1n) is 6.62. The minimum absolute atomic E-state index is 0.107. The summed E-state index contributed by atoms with van der Waals surface area (Å²) in [6, 6.07) is 12.8. The predicted octanol–water partition coefficient (Wildman–Crippen LogP) is 3.86. The Morgan fingerprint density at radius 2 is 1.77 bits per heavy atom. The molecule has 2 aromatic carbocycles. The summed E-state index contributed by atoms with van der Waals surface area (Å²) in [4.78, 5) is 23.5. The van der Waals surface area contributed by atoms with Gasteiger partial charge in [-0.1, -0.05) is 30.3 Å². The molecule has 0 radical (unpaired) electrons. The normalized spacial score (nSPS) is 10.1. The third-order valence-electron chi connectivity index (χ3n) is 3.09. The van der Waals surface area contributed by atoms with Gasteiger partial charge in [0.05, 0.1) is 7.11 Å². The van der Waals surface area contributed by atoms with Crippen molar-refractivity contribution in [1.29, 1.82) is 0 Å². The Hall–Kier alpha value is -1.89. The molecule has 0 unspecified atom stereocenters. The van der Waals surface area contributed by atoms with E-state index in [-0.39, 0.29) is 11.3 Å². The fourth-order valence-electron chi connectivity index (χ4n) is 1.95. The third kappa shape index (κ3) is 3.85. The van der Waals surface area contributed by atoms with Gasteiger partial charge < -0.3 is 9.47 Å². The summed E-state index contributed by atoms with van der Waals surface area (Å²) in [6.45, 7) is 1.80. The van der Waals surface area contributed by atoms with Crippen molar-refractivity contribution in [3.63, 3.8) is 0 Å². The van der Waals surface area contributed by atoms with Gasteiger partial charge >= 0.3 is 5.97 Å². The van der Waals surface area contributed by atoms with Crippen LogP contribution < -0.4 is 4.74 Å². The molecule has 114 valence electrons. The highest BCUT2D eigenvalue weighted by Gasteiger charge is 2.18. The second-order valence-electron chi connectivity index (χ2n) is 4.65. The Morgan fingerprint density at radius 1 is 1.09 bits per heavy atom. The number of Topliss-reactive ketones (excluding diaryl/α,β-unsaturated/α-hetero) is 1. The predicted molar refractivity (Wildman–Crippen MR) is 91.3 cm³/mol. The van der Waals surface area contributed by atoms with E-state index in [1.54, 1.807) is 6.07 Å². The van der Waals surface area contributed by atoms with E-state index in [0.717, 1.165) is 9.13 Å². The highest BCUT2D eigenvalue weighted by atomic mass is 127. The number of benzene rings is 2. The first-order chi connectivity index (χ1) is 10.5. The molecule has 0 aromatic heterocycles. The highest BCUT2D eigenvalue weighted by molar-refractivity contribution is 14.1. The van der Waals surface area contributed by atoms with Crippen molar-refractivity contribution in [3.8, 4) is 5.75 Å². The van der Waals surface area contributed by atoms with Gasteiger partial charge in [-0.2, -0.15) is 0 Å². The van der Waals surface area contributed by atoms with Gasteiger partial charge in [-0.05, 0) is 47.2 Å². The van der Waals surface area contributed by atoms with Gasteiger partial charge in [-0.15, -0.1) is 0 Å². The maximum absolute atomic E-state index is 11.9. The molecule has 0 atom stereocenters. The summed E-state index contributed by atoms with van der Waals surface area (Å²) in [5, 5.41) is 0. The number of hydrogen-bond acceptors (Lipinski definition) is 4. The number of rotatable bonds is 5. The molecular weight excluding hydrogens is 395 g/mol. The minimum Gasteiger partial charge on any atom is -0.488 e. The second kappa shape index (κ2) is 7.40. The molecule has 0 aliphatic rings. The lowest BCUT2D eigenvalue weighted by atomic mass is 10.1. The molecule has 2 rings (SSSR count). The summed E-state index contributed by atoms with van der Waals surface area (Å²) in [7, 11) is 1.30.